The second-order valence-electron chi connectivity index (χ2n) is 4.00. The van der Waals surface area contributed by atoms with Crippen LogP contribution >= 0.6 is 0 Å². The summed E-state index contributed by atoms with van der Waals surface area (Å²) in [6.07, 6.45) is 1.40. The van der Waals surface area contributed by atoms with Crippen LogP contribution in [-0.2, 0) is 4.79 Å². The van der Waals surface area contributed by atoms with Crippen molar-refractivity contribution in [3.63, 3.8) is 0 Å². The van der Waals surface area contributed by atoms with Gasteiger partial charge >= 0.3 is 0 Å². The minimum absolute atomic E-state index is 0.350. The zero-order chi connectivity index (χ0) is 11.3. The number of fused-ring (bicyclic) bond motifs is 1. The van der Waals surface area contributed by atoms with E-state index in [2.05, 4.69) is 15.3 Å². The van der Waals surface area contributed by atoms with Gasteiger partial charge in [0, 0.05) is 18.0 Å². The highest BCUT2D eigenvalue weighted by atomic mass is 19.3. The lowest BCUT2D eigenvalue weighted by atomic mass is 10.3. The molecule has 16 heavy (non-hydrogen) atoms. The summed E-state index contributed by atoms with van der Waals surface area (Å²) < 4.78 is 25.2. The molecule has 0 aromatic carbocycles. The number of rotatable bonds is 2. The van der Waals surface area contributed by atoms with E-state index in [4.69, 9.17) is 0 Å². The lowest BCUT2D eigenvalue weighted by Gasteiger charge is -2.00. The van der Waals surface area contributed by atoms with Crippen LogP contribution in [0.1, 0.15) is 6.42 Å². The SMILES string of the molecule is O=C(Nc1cc2cc[nH]c2[nH]1)C1CC1(F)F. The Hall–Kier alpha value is -1.85. The van der Waals surface area contributed by atoms with Crippen molar-refractivity contribution in [1.82, 2.24) is 9.97 Å². The summed E-state index contributed by atoms with van der Waals surface area (Å²) in [6, 6.07) is 3.53. The van der Waals surface area contributed by atoms with Gasteiger partial charge in [-0.1, -0.05) is 0 Å². The van der Waals surface area contributed by atoms with Crippen LogP contribution in [0.4, 0.5) is 14.6 Å². The maximum Gasteiger partial charge on any atom is 0.260 e. The predicted octanol–water partition coefficient (Wildman–Crippen LogP) is 2.09. The first-order chi connectivity index (χ1) is 7.56. The quantitative estimate of drug-likeness (QED) is 0.720. The molecular weight excluding hydrogens is 216 g/mol. The van der Waals surface area contributed by atoms with Gasteiger partial charge in [-0.05, 0) is 12.1 Å². The Morgan fingerprint density at radius 2 is 2.31 bits per heavy atom. The van der Waals surface area contributed by atoms with E-state index in [1.165, 1.54) is 0 Å². The van der Waals surface area contributed by atoms with E-state index in [-0.39, 0.29) is 6.42 Å². The van der Waals surface area contributed by atoms with Crippen LogP contribution in [0.2, 0.25) is 0 Å². The fourth-order valence-electron chi connectivity index (χ4n) is 1.72. The number of anilines is 1. The Morgan fingerprint density at radius 3 is 2.94 bits per heavy atom. The molecule has 1 saturated carbocycles. The molecule has 1 unspecified atom stereocenters. The van der Waals surface area contributed by atoms with E-state index in [1.807, 2.05) is 6.07 Å². The highest BCUT2D eigenvalue weighted by molar-refractivity contribution is 5.96. The first-order valence-corrected chi connectivity index (χ1v) is 4.91. The molecule has 1 fully saturated rings. The molecule has 6 heteroatoms. The number of hydrogen-bond acceptors (Lipinski definition) is 1. The molecule has 2 aromatic heterocycles. The summed E-state index contributed by atoms with van der Waals surface area (Å²) in [7, 11) is 0. The lowest BCUT2D eigenvalue weighted by Crippen LogP contribution is -2.17. The predicted molar refractivity (Wildman–Crippen MR) is 54.3 cm³/mol. The van der Waals surface area contributed by atoms with Gasteiger partial charge < -0.3 is 15.3 Å². The molecular formula is C10H9F2N3O. The molecule has 4 nitrogen and oxygen atoms in total. The Kier molecular flexibility index (Phi) is 1.66. The monoisotopic (exact) mass is 225 g/mol. The minimum atomic E-state index is -2.82. The van der Waals surface area contributed by atoms with Crippen LogP contribution in [0.5, 0.6) is 0 Å². The molecule has 1 atom stereocenters. The zero-order valence-electron chi connectivity index (χ0n) is 8.18. The Labute approximate surface area is 89.0 Å². The van der Waals surface area contributed by atoms with Gasteiger partial charge in [-0.15, -0.1) is 0 Å². The first kappa shape index (κ1) is 9.38. The summed E-state index contributed by atoms with van der Waals surface area (Å²) in [6.45, 7) is 0. The number of amides is 1. The average Bonchev–Trinajstić information content (AvgIpc) is 2.59. The van der Waals surface area contributed by atoms with Crippen molar-refractivity contribution in [3.05, 3.63) is 18.3 Å². The fraction of sp³-hybridized carbons (Fsp3) is 0.300. The Bertz CT molecular complexity index is 529. The van der Waals surface area contributed by atoms with Crippen molar-refractivity contribution in [2.24, 2.45) is 5.92 Å². The average molecular weight is 225 g/mol. The van der Waals surface area contributed by atoms with Crippen LogP contribution in [0.3, 0.4) is 0 Å². The minimum Gasteiger partial charge on any atom is -0.348 e. The smallest absolute Gasteiger partial charge is 0.260 e. The third kappa shape index (κ3) is 1.37. The first-order valence-electron chi connectivity index (χ1n) is 4.91. The van der Waals surface area contributed by atoms with Crippen molar-refractivity contribution >= 4 is 22.8 Å². The number of H-pyrrole nitrogens is 2. The van der Waals surface area contributed by atoms with E-state index in [0.717, 1.165) is 11.0 Å². The molecule has 2 heterocycles. The van der Waals surface area contributed by atoms with Crippen LogP contribution in [0.25, 0.3) is 11.0 Å². The normalized spacial score (nSPS) is 22.2. The van der Waals surface area contributed by atoms with E-state index in [0.29, 0.717) is 5.82 Å². The molecule has 0 spiro atoms. The topological polar surface area (TPSA) is 60.7 Å². The number of carbonyl (C=O) groups is 1. The van der Waals surface area contributed by atoms with Gasteiger partial charge in [-0.25, -0.2) is 8.78 Å². The van der Waals surface area contributed by atoms with Gasteiger partial charge in [-0.2, -0.15) is 0 Å². The molecule has 1 aliphatic rings. The molecule has 84 valence electrons. The number of nitrogens with one attached hydrogen (secondary N) is 3. The molecule has 3 rings (SSSR count). The van der Waals surface area contributed by atoms with Gasteiger partial charge in [0.1, 0.15) is 17.4 Å². The third-order valence-corrected chi connectivity index (χ3v) is 2.74. The standard InChI is InChI=1S/C10H9F2N3O/c11-10(12)4-6(10)9(16)15-7-3-5-1-2-13-8(5)14-7/h1-3,6,13-14H,4H2,(H,15,16). The molecule has 1 aliphatic carbocycles. The number of carbonyl (C=O) groups excluding carboxylic acids is 1. The summed E-state index contributed by atoms with van der Waals surface area (Å²) >= 11 is 0. The molecule has 3 N–H and O–H groups in total. The van der Waals surface area contributed by atoms with Crippen molar-refractivity contribution in [2.75, 3.05) is 5.32 Å². The van der Waals surface area contributed by atoms with E-state index in [9.17, 15) is 13.6 Å². The van der Waals surface area contributed by atoms with Crippen LogP contribution in [0, 0.1) is 5.92 Å². The second kappa shape index (κ2) is 2.84. The summed E-state index contributed by atoms with van der Waals surface area (Å²) in [5.74, 6) is -4.19. The number of alkyl halides is 2. The van der Waals surface area contributed by atoms with E-state index >= 15 is 0 Å². The summed E-state index contributed by atoms with van der Waals surface area (Å²) in [4.78, 5) is 17.2. The van der Waals surface area contributed by atoms with E-state index in [1.54, 1.807) is 12.3 Å². The highest BCUT2D eigenvalue weighted by Gasteiger charge is 2.61. The molecule has 1 amide bonds. The largest absolute Gasteiger partial charge is 0.348 e. The molecule has 0 aliphatic heterocycles. The maximum atomic E-state index is 12.6. The molecule has 0 radical (unpaired) electrons. The van der Waals surface area contributed by atoms with Gasteiger partial charge in [-0.3, -0.25) is 4.79 Å². The van der Waals surface area contributed by atoms with Crippen molar-refractivity contribution in [2.45, 2.75) is 12.3 Å². The fourth-order valence-corrected chi connectivity index (χ4v) is 1.72. The summed E-state index contributed by atoms with van der Waals surface area (Å²) in [5.41, 5.74) is 0.762. The van der Waals surface area contributed by atoms with Crippen LogP contribution in [-0.4, -0.2) is 21.8 Å². The summed E-state index contributed by atoms with van der Waals surface area (Å²) in [5, 5.41) is 3.34. The Morgan fingerprint density at radius 1 is 1.56 bits per heavy atom. The lowest BCUT2D eigenvalue weighted by molar-refractivity contribution is -0.119. The number of aromatic nitrogens is 2. The number of halogens is 2. The van der Waals surface area contributed by atoms with Gasteiger partial charge in [0.2, 0.25) is 5.91 Å². The van der Waals surface area contributed by atoms with Gasteiger partial charge in [0.15, 0.2) is 0 Å². The molecule has 2 aromatic rings. The maximum absolute atomic E-state index is 12.6. The van der Waals surface area contributed by atoms with Gasteiger partial charge in [0.25, 0.3) is 5.92 Å². The zero-order valence-corrected chi connectivity index (χ0v) is 8.18. The van der Waals surface area contributed by atoms with E-state index < -0.39 is 17.7 Å². The second-order valence-corrected chi connectivity index (χ2v) is 4.00. The molecule has 0 saturated heterocycles. The van der Waals surface area contributed by atoms with Crippen LogP contribution < -0.4 is 5.32 Å². The van der Waals surface area contributed by atoms with Crippen molar-refractivity contribution in [1.29, 1.82) is 0 Å². The Balaban J connectivity index is 1.75. The number of aromatic amines is 2. The third-order valence-electron chi connectivity index (χ3n) is 2.74. The van der Waals surface area contributed by atoms with Gasteiger partial charge in [0.05, 0.1) is 0 Å². The highest BCUT2D eigenvalue weighted by Crippen LogP contribution is 2.49. The number of hydrogen-bond donors (Lipinski definition) is 3. The van der Waals surface area contributed by atoms with Crippen molar-refractivity contribution in [3.8, 4) is 0 Å². The van der Waals surface area contributed by atoms with Crippen molar-refractivity contribution < 1.29 is 13.6 Å². The van der Waals surface area contributed by atoms with Crippen LogP contribution in [0.15, 0.2) is 18.3 Å². The molecule has 0 bridgehead atoms.